The van der Waals surface area contributed by atoms with Crippen molar-refractivity contribution in [2.75, 3.05) is 31.3 Å². The van der Waals surface area contributed by atoms with Crippen molar-refractivity contribution in [2.24, 2.45) is 5.16 Å². The first-order valence-electron chi connectivity index (χ1n) is 9.10. The number of oxime groups is 1. The molecular weight excluding hydrogens is 320 g/mol. The lowest BCUT2D eigenvalue weighted by molar-refractivity contribution is -0.168. The topological polar surface area (TPSA) is 60.4 Å². The van der Waals surface area contributed by atoms with Crippen LogP contribution in [0.5, 0.6) is 0 Å². The van der Waals surface area contributed by atoms with Crippen LogP contribution in [0.25, 0.3) is 0 Å². The first-order chi connectivity index (χ1) is 12.3. The lowest BCUT2D eigenvalue weighted by Crippen LogP contribution is -2.38. The van der Waals surface area contributed by atoms with Crippen LogP contribution in [-0.4, -0.2) is 43.8 Å². The van der Waals surface area contributed by atoms with Crippen LogP contribution in [0.3, 0.4) is 0 Å². The van der Waals surface area contributed by atoms with Crippen molar-refractivity contribution >= 4 is 17.3 Å². The maximum Gasteiger partial charge on any atom is 0.267 e. The molecule has 1 aromatic carbocycles. The molecule has 25 heavy (non-hydrogen) atoms. The molecule has 6 nitrogen and oxygen atoms in total. The minimum Gasteiger partial charge on any atom is -0.386 e. The first-order valence-corrected chi connectivity index (χ1v) is 9.10. The molecule has 0 aromatic heterocycles. The molecule has 3 aliphatic rings. The number of ether oxygens (including phenoxy) is 2. The predicted molar refractivity (Wildman–Crippen MR) is 93.6 cm³/mol. The third kappa shape index (κ3) is 3.55. The van der Waals surface area contributed by atoms with Crippen LogP contribution in [-0.2, 0) is 25.5 Å². The van der Waals surface area contributed by atoms with Crippen LogP contribution in [0.2, 0.25) is 0 Å². The number of hydrogen-bond acceptors (Lipinski definition) is 5. The molecular formula is C19H24N2O4. The Labute approximate surface area is 147 Å². The number of benzene rings is 1. The summed E-state index contributed by atoms with van der Waals surface area (Å²) < 4.78 is 11.4. The summed E-state index contributed by atoms with van der Waals surface area (Å²) in [6.45, 7) is 2.08. The molecule has 4 rings (SSSR count). The van der Waals surface area contributed by atoms with Gasteiger partial charge in [-0.25, -0.2) is 0 Å². The average Bonchev–Trinajstić information content (AvgIpc) is 3.11. The highest BCUT2D eigenvalue weighted by Crippen LogP contribution is 2.34. The fourth-order valence-electron chi connectivity index (χ4n) is 3.85. The fourth-order valence-corrected chi connectivity index (χ4v) is 3.85. The Bertz CT molecular complexity index is 655. The minimum absolute atomic E-state index is 0.0179. The highest BCUT2D eigenvalue weighted by atomic mass is 16.7. The zero-order valence-electron chi connectivity index (χ0n) is 14.4. The average molecular weight is 344 g/mol. The largest absolute Gasteiger partial charge is 0.386 e. The van der Waals surface area contributed by atoms with E-state index in [2.05, 4.69) is 11.2 Å². The summed E-state index contributed by atoms with van der Waals surface area (Å²) in [6.07, 6.45) is 5.21. The van der Waals surface area contributed by atoms with Crippen LogP contribution < -0.4 is 4.90 Å². The smallest absolute Gasteiger partial charge is 0.267 e. The summed E-state index contributed by atoms with van der Waals surface area (Å²) >= 11 is 0. The SMILES string of the molecule is O=C(CON=C1CCC2(CC1)OCCO2)N1CCCc2ccccc21. The molecule has 1 amide bonds. The highest BCUT2D eigenvalue weighted by molar-refractivity contribution is 5.95. The Hall–Kier alpha value is -1.92. The van der Waals surface area contributed by atoms with Crippen molar-refractivity contribution in [1.82, 2.24) is 0 Å². The van der Waals surface area contributed by atoms with Crippen molar-refractivity contribution in [3.63, 3.8) is 0 Å². The minimum atomic E-state index is -0.396. The quantitative estimate of drug-likeness (QED) is 0.791. The van der Waals surface area contributed by atoms with E-state index in [1.54, 1.807) is 0 Å². The van der Waals surface area contributed by atoms with Crippen molar-refractivity contribution < 1.29 is 19.1 Å². The van der Waals surface area contributed by atoms with Gasteiger partial charge in [-0.15, -0.1) is 0 Å². The van der Waals surface area contributed by atoms with Crippen molar-refractivity contribution in [2.45, 2.75) is 44.3 Å². The number of para-hydroxylation sites is 1. The van der Waals surface area contributed by atoms with E-state index < -0.39 is 5.79 Å². The van der Waals surface area contributed by atoms with E-state index in [-0.39, 0.29) is 12.5 Å². The number of rotatable bonds is 3. The third-order valence-corrected chi connectivity index (χ3v) is 5.20. The van der Waals surface area contributed by atoms with Gasteiger partial charge in [0.1, 0.15) is 0 Å². The molecule has 0 N–H and O–H groups in total. The molecule has 0 radical (unpaired) electrons. The van der Waals surface area contributed by atoms with Crippen molar-refractivity contribution in [3.05, 3.63) is 29.8 Å². The van der Waals surface area contributed by atoms with Crippen LogP contribution in [0, 0.1) is 0 Å². The molecule has 1 saturated carbocycles. The zero-order chi connectivity index (χ0) is 17.1. The Morgan fingerprint density at radius 3 is 2.72 bits per heavy atom. The number of fused-ring (bicyclic) bond motifs is 1. The van der Waals surface area contributed by atoms with E-state index in [0.29, 0.717) is 13.2 Å². The van der Waals surface area contributed by atoms with E-state index in [0.717, 1.165) is 56.5 Å². The monoisotopic (exact) mass is 344 g/mol. The number of nitrogens with zero attached hydrogens (tertiary/aromatic N) is 2. The Morgan fingerprint density at radius 1 is 1.16 bits per heavy atom. The molecule has 6 heteroatoms. The Balaban J connectivity index is 1.30. The van der Waals surface area contributed by atoms with Gasteiger partial charge in [0.25, 0.3) is 5.91 Å². The molecule has 1 aromatic rings. The van der Waals surface area contributed by atoms with Gasteiger partial charge in [-0.1, -0.05) is 23.4 Å². The second kappa shape index (κ2) is 7.14. The number of aryl methyl sites for hydroxylation is 1. The molecule has 0 bridgehead atoms. The lowest BCUT2D eigenvalue weighted by atomic mass is 9.92. The van der Waals surface area contributed by atoms with Gasteiger partial charge in [-0.05, 0) is 37.3 Å². The van der Waals surface area contributed by atoms with Gasteiger partial charge >= 0.3 is 0 Å². The summed E-state index contributed by atoms with van der Waals surface area (Å²) in [7, 11) is 0. The Kier molecular flexibility index (Phi) is 4.72. The standard InChI is InChI=1S/C19H24N2O4/c22-18(21-11-3-5-15-4-1-2-6-17(15)21)14-25-20-16-7-9-19(10-8-16)23-12-13-24-19/h1-2,4,6H,3,5,7-14H2. The fraction of sp³-hybridized carbons (Fsp3) is 0.579. The summed E-state index contributed by atoms with van der Waals surface area (Å²) in [4.78, 5) is 19.7. The number of amides is 1. The van der Waals surface area contributed by atoms with Gasteiger partial charge in [0.05, 0.1) is 18.9 Å². The van der Waals surface area contributed by atoms with Crippen LogP contribution in [0.15, 0.2) is 29.4 Å². The maximum atomic E-state index is 12.5. The van der Waals surface area contributed by atoms with Gasteiger partial charge in [-0.3, -0.25) is 4.79 Å². The Morgan fingerprint density at radius 2 is 1.92 bits per heavy atom. The second-order valence-electron chi connectivity index (χ2n) is 6.82. The summed E-state index contributed by atoms with van der Waals surface area (Å²) in [5, 5.41) is 4.19. The maximum absolute atomic E-state index is 12.5. The van der Waals surface area contributed by atoms with Gasteiger partial charge in [0, 0.05) is 25.1 Å². The van der Waals surface area contributed by atoms with Crippen LogP contribution in [0.1, 0.15) is 37.7 Å². The van der Waals surface area contributed by atoms with Gasteiger partial charge in [0.2, 0.25) is 0 Å². The van der Waals surface area contributed by atoms with Gasteiger partial charge in [0.15, 0.2) is 12.4 Å². The van der Waals surface area contributed by atoms with E-state index in [1.165, 1.54) is 5.56 Å². The molecule has 1 spiro atoms. The summed E-state index contributed by atoms with van der Waals surface area (Å²) in [5.41, 5.74) is 3.21. The van der Waals surface area contributed by atoms with Crippen LogP contribution >= 0.6 is 0 Å². The number of carbonyl (C=O) groups excluding carboxylic acids is 1. The van der Waals surface area contributed by atoms with E-state index in [1.807, 2.05) is 23.1 Å². The first kappa shape index (κ1) is 16.5. The molecule has 2 fully saturated rings. The molecule has 1 saturated heterocycles. The van der Waals surface area contributed by atoms with Crippen molar-refractivity contribution in [1.29, 1.82) is 0 Å². The third-order valence-electron chi connectivity index (χ3n) is 5.20. The van der Waals surface area contributed by atoms with Crippen LogP contribution in [0.4, 0.5) is 5.69 Å². The zero-order valence-corrected chi connectivity index (χ0v) is 14.4. The molecule has 134 valence electrons. The molecule has 0 unspecified atom stereocenters. The van der Waals surface area contributed by atoms with E-state index in [4.69, 9.17) is 14.3 Å². The number of anilines is 1. The van der Waals surface area contributed by atoms with E-state index >= 15 is 0 Å². The predicted octanol–water partition coefficient (Wildman–Crippen LogP) is 2.66. The summed E-state index contributed by atoms with van der Waals surface area (Å²) in [5.74, 6) is -0.432. The number of hydrogen-bond donors (Lipinski definition) is 0. The normalized spacial score (nSPS) is 21.9. The highest BCUT2D eigenvalue weighted by Gasteiger charge is 2.39. The molecule has 2 heterocycles. The molecule has 2 aliphatic heterocycles. The van der Waals surface area contributed by atoms with Gasteiger partial charge in [-0.2, -0.15) is 0 Å². The second-order valence-corrected chi connectivity index (χ2v) is 6.82. The molecule has 1 aliphatic carbocycles. The lowest BCUT2D eigenvalue weighted by Gasteiger charge is -2.31. The number of carbonyl (C=O) groups is 1. The van der Waals surface area contributed by atoms with E-state index in [9.17, 15) is 4.79 Å². The van der Waals surface area contributed by atoms with Crippen molar-refractivity contribution in [3.8, 4) is 0 Å². The molecule has 0 atom stereocenters. The summed E-state index contributed by atoms with van der Waals surface area (Å²) in [6, 6.07) is 8.07. The van der Waals surface area contributed by atoms with Gasteiger partial charge < -0.3 is 19.2 Å².